The zero-order chi connectivity index (χ0) is 14.0. The Bertz CT molecular complexity index is 556. The molecule has 0 spiro atoms. The predicted octanol–water partition coefficient (Wildman–Crippen LogP) is 1.64. The number of ether oxygens (including phenoxy) is 1. The number of anilines is 1. The summed E-state index contributed by atoms with van der Waals surface area (Å²) in [7, 11) is 0. The molecule has 0 aromatic heterocycles. The van der Waals surface area contributed by atoms with Crippen LogP contribution in [0.25, 0.3) is 0 Å². The fraction of sp³-hybridized carbons (Fsp3) is 0.273. The zero-order valence-electron chi connectivity index (χ0n) is 9.74. The van der Waals surface area contributed by atoms with Crippen LogP contribution in [-0.2, 0) is 4.74 Å². The van der Waals surface area contributed by atoms with Crippen molar-refractivity contribution in [1.82, 2.24) is 0 Å². The zero-order valence-corrected chi connectivity index (χ0v) is 9.74. The highest BCUT2D eigenvalue weighted by Gasteiger charge is 2.28. The van der Waals surface area contributed by atoms with E-state index in [2.05, 4.69) is 0 Å². The summed E-state index contributed by atoms with van der Waals surface area (Å²) in [5.41, 5.74) is -0.598. The van der Waals surface area contributed by atoms with E-state index in [-0.39, 0.29) is 17.9 Å². The molecule has 1 N–H and O–H groups in total. The molecule has 1 heterocycles. The Morgan fingerprint density at radius 1 is 1.47 bits per heavy atom. The molecule has 100 valence electrons. The Morgan fingerprint density at radius 3 is 2.79 bits per heavy atom. The lowest BCUT2D eigenvalue weighted by Crippen LogP contribution is -2.38. The van der Waals surface area contributed by atoms with Gasteiger partial charge < -0.3 is 9.84 Å². The molecule has 1 fully saturated rings. The van der Waals surface area contributed by atoms with Crippen molar-refractivity contribution in [2.24, 2.45) is 0 Å². The summed E-state index contributed by atoms with van der Waals surface area (Å²) < 4.78 is 4.81. The lowest BCUT2D eigenvalue weighted by Gasteiger charge is -2.25. The molecule has 1 saturated heterocycles. The Hall–Kier alpha value is -2.64. The first-order valence-corrected chi connectivity index (χ1v) is 5.46. The summed E-state index contributed by atoms with van der Waals surface area (Å²) in [5, 5.41) is 19.8. The smallest absolute Gasteiger partial charge is 0.414 e. The number of carbonyl (C=O) groups is 2. The average Bonchev–Trinajstić information content (AvgIpc) is 2.38. The van der Waals surface area contributed by atoms with Crippen LogP contribution in [-0.4, -0.2) is 35.2 Å². The Balaban J connectivity index is 2.47. The van der Waals surface area contributed by atoms with E-state index < -0.39 is 22.7 Å². The minimum Gasteiger partial charge on any atom is -0.478 e. The fourth-order valence-electron chi connectivity index (χ4n) is 1.80. The highest BCUT2D eigenvalue weighted by molar-refractivity contribution is 5.94. The molecule has 1 aliphatic rings. The number of amides is 1. The monoisotopic (exact) mass is 266 g/mol. The van der Waals surface area contributed by atoms with Crippen molar-refractivity contribution >= 4 is 23.4 Å². The lowest BCUT2D eigenvalue weighted by atomic mass is 10.1. The molecule has 0 radical (unpaired) electrons. The molecule has 8 heteroatoms. The molecular formula is C11H10N2O6. The van der Waals surface area contributed by atoms with Gasteiger partial charge in [-0.25, -0.2) is 9.59 Å². The average molecular weight is 266 g/mol. The van der Waals surface area contributed by atoms with Gasteiger partial charge in [0.05, 0.1) is 17.1 Å². The van der Waals surface area contributed by atoms with Gasteiger partial charge in [0.15, 0.2) is 0 Å². The Morgan fingerprint density at radius 2 is 2.21 bits per heavy atom. The number of hydrogen-bond donors (Lipinski definition) is 1. The number of nitrogens with zero attached hydrogens (tertiary/aromatic N) is 2. The van der Waals surface area contributed by atoms with E-state index in [1.165, 1.54) is 12.1 Å². The van der Waals surface area contributed by atoms with Gasteiger partial charge in [0.25, 0.3) is 5.69 Å². The second-order valence-electron chi connectivity index (χ2n) is 3.89. The van der Waals surface area contributed by atoms with Crippen molar-refractivity contribution in [1.29, 1.82) is 0 Å². The van der Waals surface area contributed by atoms with Crippen LogP contribution in [0, 0.1) is 10.1 Å². The fourth-order valence-corrected chi connectivity index (χ4v) is 1.80. The number of carboxylic acid groups (broad SMARTS) is 1. The van der Waals surface area contributed by atoms with Crippen LogP contribution in [0.5, 0.6) is 0 Å². The third-order valence-electron chi connectivity index (χ3n) is 2.68. The van der Waals surface area contributed by atoms with Crippen LogP contribution < -0.4 is 4.90 Å². The first-order valence-electron chi connectivity index (χ1n) is 5.46. The molecule has 2 rings (SSSR count). The molecule has 8 nitrogen and oxygen atoms in total. The number of cyclic esters (lactones) is 1. The number of aromatic carboxylic acids is 1. The van der Waals surface area contributed by atoms with E-state index in [1.54, 1.807) is 0 Å². The van der Waals surface area contributed by atoms with Gasteiger partial charge >= 0.3 is 12.1 Å². The second-order valence-corrected chi connectivity index (χ2v) is 3.89. The molecule has 1 aromatic rings. The molecule has 1 aromatic carbocycles. The molecule has 0 aliphatic carbocycles. The quantitative estimate of drug-likeness (QED) is 0.657. The first kappa shape index (κ1) is 12.8. The maximum absolute atomic E-state index is 11.6. The van der Waals surface area contributed by atoms with Gasteiger partial charge in [-0.05, 0) is 18.6 Å². The Kier molecular flexibility index (Phi) is 3.32. The number of carbonyl (C=O) groups excluding carboxylic acids is 1. The van der Waals surface area contributed by atoms with Crippen LogP contribution in [0.3, 0.4) is 0 Å². The van der Waals surface area contributed by atoms with Crippen LogP contribution in [0.2, 0.25) is 0 Å². The van der Waals surface area contributed by atoms with E-state index in [1.807, 2.05) is 0 Å². The highest BCUT2D eigenvalue weighted by atomic mass is 16.6. The largest absolute Gasteiger partial charge is 0.478 e. The van der Waals surface area contributed by atoms with Crippen molar-refractivity contribution in [3.05, 3.63) is 33.9 Å². The summed E-state index contributed by atoms with van der Waals surface area (Å²) in [4.78, 5) is 33.7. The van der Waals surface area contributed by atoms with Gasteiger partial charge in [-0.1, -0.05) is 0 Å². The minimum absolute atomic E-state index is 0.0414. The van der Waals surface area contributed by atoms with Gasteiger partial charge in [-0.3, -0.25) is 15.0 Å². The van der Waals surface area contributed by atoms with Crippen LogP contribution in [0.1, 0.15) is 16.8 Å². The number of nitro groups is 1. The topological polar surface area (TPSA) is 110 Å². The molecular weight excluding hydrogens is 256 g/mol. The van der Waals surface area contributed by atoms with Gasteiger partial charge in [-0.2, -0.15) is 0 Å². The standard InChI is InChI=1S/C11H10N2O6/c14-10(15)7-2-3-8(9(6-7)13(17)18)12-4-1-5-19-11(12)16/h2-3,6H,1,4-5H2,(H,14,15). The highest BCUT2D eigenvalue weighted by Crippen LogP contribution is 2.31. The van der Waals surface area contributed by atoms with Crippen LogP contribution >= 0.6 is 0 Å². The molecule has 0 unspecified atom stereocenters. The maximum Gasteiger partial charge on any atom is 0.414 e. The van der Waals surface area contributed by atoms with Crippen molar-refractivity contribution in [3.63, 3.8) is 0 Å². The summed E-state index contributed by atoms with van der Waals surface area (Å²) in [6, 6.07) is 3.39. The van der Waals surface area contributed by atoms with Crippen LogP contribution in [0.15, 0.2) is 18.2 Å². The number of rotatable bonds is 3. The first-order chi connectivity index (χ1) is 9.00. The summed E-state index contributed by atoms with van der Waals surface area (Å²) in [6.07, 6.45) is -0.110. The van der Waals surface area contributed by atoms with Crippen molar-refractivity contribution in [2.45, 2.75) is 6.42 Å². The van der Waals surface area contributed by atoms with E-state index in [0.29, 0.717) is 13.0 Å². The Labute approximate surface area is 107 Å². The number of nitro benzene ring substituents is 1. The van der Waals surface area contributed by atoms with Crippen molar-refractivity contribution in [3.8, 4) is 0 Å². The summed E-state index contributed by atoms with van der Waals surface area (Å²) in [6.45, 7) is 0.572. The SMILES string of the molecule is O=C(O)c1ccc(N2CCCOC2=O)c([N+](=O)[O-])c1. The molecule has 0 bridgehead atoms. The normalized spacial score (nSPS) is 14.9. The molecule has 0 atom stereocenters. The molecule has 1 amide bonds. The second kappa shape index (κ2) is 4.92. The third kappa shape index (κ3) is 2.46. The van der Waals surface area contributed by atoms with Crippen molar-refractivity contribution in [2.75, 3.05) is 18.1 Å². The molecule has 1 aliphatic heterocycles. The number of carboxylic acids is 1. The summed E-state index contributed by atoms with van der Waals surface area (Å²) in [5.74, 6) is -1.27. The van der Waals surface area contributed by atoms with Crippen molar-refractivity contribution < 1.29 is 24.4 Å². The van der Waals surface area contributed by atoms with E-state index in [0.717, 1.165) is 11.0 Å². The van der Waals surface area contributed by atoms with E-state index in [9.17, 15) is 19.7 Å². The third-order valence-corrected chi connectivity index (χ3v) is 2.68. The minimum atomic E-state index is -1.27. The lowest BCUT2D eigenvalue weighted by molar-refractivity contribution is -0.384. The van der Waals surface area contributed by atoms with E-state index in [4.69, 9.17) is 9.84 Å². The summed E-state index contributed by atoms with van der Waals surface area (Å²) >= 11 is 0. The molecule has 19 heavy (non-hydrogen) atoms. The van der Waals surface area contributed by atoms with Gasteiger partial charge in [0, 0.05) is 12.6 Å². The predicted molar refractivity (Wildman–Crippen MR) is 63.4 cm³/mol. The number of hydrogen-bond acceptors (Lipinski definition) is 5. The van der Waals surface area contributed by atoms with Gasteiger partial charge in [0.2, 0.25) is 0 Å². The van der Waals surface area contributed by atoms with Gasteiger partial charge in [-0.15, -0.1) is 0 Å². The number of benzene rings is 1. The molecule has 0 saturated carbocycles. The van der Waals surface area contributed by atoms with Crippen LogP contribution in [0.4, 0.5) is 16.2 Å². The van der Waals surface area contributed by atoms with Gasteiger partial charge in [0.1, 0.15) is 5.69 Å². The maximum atomic E-state index is 11.6. The van der Waals surface area contributed by atoms with E-state index >= 15 is 0 Å².